The molecule has 2 atom stereocenters. The van der Waals surface area contributed by atoms with Crippen LogP contribution >= 0.6 is 0 Å². The largest absolute Gasteiger partial charge is 0.462 e. The van der Waals surface area contributed by atoms with Gasteiger partial charge in [0.2, 0.25) is 0 Å². The summed E-state index contributed by atoms with van der Waals surface area (Å²) in [5.41, 5.74) is 5.78. The Morgan fingerprint density at radius 3 is 2.23 bits per heavy atom. The van der Waals surface area contributed by atoms with Gasteiger partial charge in [-0.2, -0.15) is 0 Å². The highest BCUT2D eigenvalue weighted by molar-refractivity contribution is 6.14. The van der Waals surface area contributed by atoms with Crippen molar-refractivity contribution in [2.45, 2.75) is 45.2 Å². The topological polar surface area (TPSA) is 58.6 Å². The van der Waals surface area contributed by atoms with E-state index in [1.807, 2.05) is 32.3 Å². The summed E-state index contributed by atoms with van der Waals surface area (Å²) in [5.74, 6) is -0.610. The van der Waals surface area contributed by atoms with E-state index in [0.717, 1.165) is 17.7 Å². The molecule has 2 unspecified atom stereocenters. The van der Waals surface area contributed by atoms with Gasteiger partial charge >= 0.3 is 5.97 Å². The van der Waals surface area contributed by atoms with E-state index in [1.54, 1.807) is 19.1 Å². The minimum absolute atomic E-state index is 0.0675. The molecule has 1 aliphatic heterocycles. The van der Waals surface area contributed by atoms with E-state index in [9.17, 15) is 9.59 Å². The molecule has 3 aromatic rings. The zero-order chi connectivity index (χ0) is 25.1. The van der Waals surface area contributed by atoms with Crippen LogP contribution in [-0.4, -0.2) is 37.4 Å². The van der Waals surface area contributed by atoms with Crippen LogP contribution in [0.5, 0.6) is 0 Å². The van der Waals surface area contributed by atoms with Crippen LogP contribution in [0, 0.1) is 0 Å². The van der Waals surface area contributed by atoms with Gasteiger partial charge in [-0.1, -0.05) is 68.4 Å². The van der Waals surface area contributed by atoms with Gasteiger partial charge in [0.05, 0.1) is 29.7 Å². The van der Waals surface area contributed by atoms with Crippen LogP contribution in [0.2, 0.25) is 0 Å². The van der Waals surface area contributed by atoms with E-state index in [4.69, 9.17) is 4.74 Å². The molecule has 1 N–H and O–H groups in total. The molecule has 0 aromatic heterocycles. The van der Waals surface area contributed by atoms with Crippen molar-refractivity contribution in [3.8, 4) is 0 Å². The molecule has 0 saturated carbocycles. The van der Waals surface area contributed by atoms with E-state index in [0.29, 0.717) is 22.7 Å². The zero-order valence-corrected chi connectivity index (χ0v) is 21.2. The minimum atomic E-state index is -0.473. The molecule has 0 aliphatic carbocycles. The maximum atomic E-state index is 14.1. The molecule has 182 valence electrons. The lowest BCUT2D eigenvalue weighted by Crippen LogP contribution is -2.33. The van der Waals surface area contributed by atoms with Crippen molar-refractivity contribution in [2.75, 3.05) is 26.0 Å². The Bertz CT molecular complexity index is 1200. The lowest BCUT2D eigenvalue weighted by Gasteiger charge is -2.35. The van der Waals surface area contributed by atoms with Gasteiger partial charge in [0.1, 0.15) is 0 Å². The molecular formula is C30H34N2O3. The van der Waals surface area contributed by atoms with Crippen LogP contribution in [0.4, 0.5) is 5.69 Å². The molecule has 0 radical (unpaired) electrons. The Labute approximate surface area is 208 Å². The van der Waals surface area contributed by atoms with Gasteiger partial charge in [-0.25, -0.2) is 4.79 Å². The number of Topliss-reactive ketones (excluding diaryl/α,β-unsaturated/α-hetero) is 1. The maximum absolute atomic E-state index is 14.1. The molecule has 0 saturated heterocycles. The van der Waals surface area contributed by atoms with Crippen molar-refractivity contribution in [1.82, 2.24) is 4.90 Å². The Morgan fingerprint density at radius 1 is 0.971 bits per heavy atom. The first-order chi connectivity index (χ1) is 16.8. The van der Waals surface area contributed by atoms with Crippen LogP contribution in [0.25, 0.3) is 0 Å². The second-order valence-electron chi connectivity index (χ2n) is 9.71. The van der Waals surface area contributed by atoms with Gasteiger partial charge in [-0.05, 0) is 61.3 Å². The molecule has 0 fully saturated rings. The fourth-order valence-corrected chi connectivity index (χ4v) is 4.78. The van der Waals surface area contributed by atoms with Crippen molar-refractivity contribution < 1.29 is 14.3 Å². The minimum Gasteiger partial charge on any atom is -0.462 e. The molecule has 5 heteroatoms. The smallest absolute Gasteiger partial charge is 0.338 e. The number of rotatable bonds is 7. The first-order valence-electron chi connectivity index (χ1n) is 12.2. The molecule has 35 heavy (non-hydrogen) atoms. The summed E-state index contributed by atoms with van der Waals surface area (Å²) in [6.07, 6.45) is 0. The molecule has 4 rings (SSSR count). The van der Waals surface area contributed by atoms with E-state index >= 15 is 0 Å². The van der Waals surface area contributed by atoms with Gasteiger partial charge < -0.3 is 15.0 Å². The third-order valence-electron chi connectivity index (χ3n) is 6.53. The number of nitrogens with one attached hydrogen (secondary N) is 1. The van der Waals surface area contributed by atoms with E-state index < -0.39 is 11.9 Å². The summed E-state index contributed by atoms with van der Waals surface area (Å²) < 4.78 is 5.26. The number of ether oxygens (including phenoxy) is 1. The second-order valence-corrected chi connectivity index (χ2v) is 9.71. The zero-order valence-electron chi connectivity index (χ0n) is 21.2. The van der Waals surface area contributed by atoms with Gasteiger partial charge in [0.25, 0.3) is 0 Å². The van der Waals surface area contributed by atoms with E-state index in [1.165, 1.54) is 11.1 Å². The van der Waals surface area contributed by atoms with E-state index in [2.05, 4.69) is 60.5 Å². The van der Waals surface area contributed by atoms with Gasteiger partial charge in [0, 0.05) is 12.2 Å². The number of nitrogens with zero attached hydrogens (tertiary/aromatic N) is 1. The lowest BCUT2D eigenvalue weighted by molar-refractivity contribution is 0.0522. The van der Waals surface area contributed by atoms with Crippen molar-refractivity contribution >= 4 is 17.4 Å². The Hall–Kier alpha value is -3.44. The summed E-state index contributed by atoms with van der Waals surface area (Å²) in [5, 5.41) is 3.59. The number of fused-ring (bicyclic) bond motifs is 1. The van der Waals surface area contributed by atoms with Gasteiger partial charge in [-0.3, -0.25) is 4.79 Å². The summed E-state index contributed by atoms with van der Waals surface area (Å²) >= 11 is 0. The van der Waals surface area contributed by atoms with Crippen LogP contribution in [0.3, 0.4) is 0 Å². The number of carbonyl (C=O) groups is 2. The molecule has 0 bridgehead atoms. The Morgan fingerprint density at radius 2 is 1.63 bits per heavy atom. The third kappa shape index (κ3) is 5.15. The van der Waals surface area contributed by atoms with Crippen molar-refractivity contribution in [2.24, 2.45) is 0 Å². The van der Waals surface area contributed by atoms with Crippen LogP contribution < -0.4 is 5.32 Å². The monoisotopic (exact) mass is 470 g/mol. The summed E-state index contributed by atoms with van der Waals surface area (Å²) in [6.45, 7) is 7.18. The number of hydrogen-bond donors (Lipinski definition) is 1. The number of benzene rings is 3. The molecule has 1 aliphatic rings. The van der Waals surface area contributed by atoms with Crippen molar-refractivity contribution in [3.05, 3.63) is 100 Å². The maximum Gasteiger partial charge on any atom is 0.338 e. The van der Waals surface area contributed by atoms with Gasteiger partial charge in [-0.15, -0.1) is 0 Å². The van der Waals surface area contributed by atoms with Crippen LogP contribution in [0.1, 0.15) is 81.6 Å². The highest BCUT2D eigenvalue weighted by Gasteiger charge is 2.39. The number of carbonyl (C=O) groups excluding carboxylic acids is 2. The van der Waals surface area contributed by atoms with Gasteiger partial charge in [0.15, 0.2) is 5.78 Å². The van der Waals surface area contributed by atoms with Crippen LogP contribution in [-0.2, 0) is 11.3 Å². The Kier molecular flexibility index (Phi) is 7.37. The fraction of sp³-hybridized carbons (Fsp3) is 0.333. The summed E-state index contributed by atoms with van der Waals surface area (Å²) in [4.78, 5) is 28.9. The predicted octanol–water partition coefficient (Wildman–Crippen LogP) is 6.18. The third-order valence-corrected chi connectivity index (χ3v) is 6.53. The summed E-state index contributed by atoms with van der Waals surface area (Å²) in [6, 6.07) is 21.8. The molecule has 3 aromatic carbocycles. The Balaban J connectivity index is 1.81. The molecule has 0 spiro atoms. The lowest BCUT2D eigenvalue weighted by atomic mass is 9.76. The SMILES string of the molecule is CCOC(=O)c1cccc2c1C(=O)C(c1ccc(C(C)C)cc1)C(c1ccc(CN(C)C)cc1)N2. The highest BCUT2D eigenvalue weighted by Crippen LogP contribution is 2.44. The number of esters is 1. The number of anilines is 1. The quantitative estimate of drug-likeness (QED) is 0.418. The standard InChI is InChI=1S/C30H34N2O3/c1-6-35-30(34)24-8-7-9-25-27(24)29(33)26(22-16-14-21(15-17-22)19(2)3)28(31-25)23-12-10-20(11-13-23)18-32(4)5/h7-17,19,26,28,31H,6,18H2,1-5H3. The number of hydrogen-bond acceptors (Lipinski definition) is 5. The highest BCUT2D eigenvalue weighted by atomic mass is 16.5. The fourth-order valence-electron chi connectivity index (χ4n) is 4.78. The van der Waals surface area contributed by atoms with Crippen LogP contribution in [0.15, 0.2) is 66.7 Å². The average molecular weight is 471 g/mol. The van der Waals surface area contributed by atoms with E-state index in [-0.39, 0.29) is 18.4 Å². The molecule has 0 amide bonds. The first kappa shape index (κ1) is 24.7. The normalized spacial score (nSPS) is 17.3. The number of ketones is 1. The summed E-state index contributed by atoms with van der Waals surface area (Å²) in [7, 11) is 4.09. The molecule has 1 heterocycles. The van der Waals surface area contributed by atoms with Crippen molar-refractivity contribution in [3.63, 3.8) is 0 Å². The molecular weight excluding hydrogens is 436 g/mol. The second kappa shape index (κ2) is 10.4. The first-order valence-corrected chi connectivity index (χ1v) is 12.2. The predicted molar refractivity (Wildman–Crippen MR) is 140 cm³/mol. The molecule has 5 nitrogen and oxygen atoms in total. The van der Waals surface area contributed by atoms with Crippen molar-refractivity contribution in [1.29, 1.82) is 0 Å². The average Bonchev–Trinajstić information content (AvgIpc) is 2.84.